The molecule has 0 bridgehead atoms. The Morgan fingerprint density at radius 3 is 2.83 bits per heavy atom. The maximum absolute atomic E-state index is 12.7. The molecule has 0 amide bonds. The van der Waals surface area contributed by atoms with E-state index >= 15 is 0 Å². The molecule has 0 radical (unpaired) electrons. The van der Waals surface area contributed by atoms with Crippen LogP contribution in [0.15, 0.2) is 11.6 Å². The van der Waals surface area contributed by atoms with Crippen LogP contribution in [-0.4, -0.2) is 27.8 Å². The van der Waals surface area contributed by atoms with Gasteiger partial charge in [0.05, 0.1) is 5.25 Å². The first-order valence-electron chi connectivity index (χ1n) is 7.29. The van der Waals surface area contributed by atoms with E-state index in [1.807, 2.05) is 23.5 Å². The van der Waals surface area contributed by atoms with Gasteiger partial charge in [0.2, 0.25) is 0 Å². The summed E-state index contributed by atoms with van der Waals surface area (Å²) in [5.41, 5.74) is 1.15. The predicted molar refractivity (Wildman–Crippen MR) is 83.6 cm³/mol. The lowest BCUT2D eigenvalue weighted by atomic mass is 9.95. The van der Waals surface area contributed by atoms with Crippen LogP contribution >= 0.6 is 23.5 Å². The van der Waals surface area contributed by atoms with E-state index in [0.29, 0.717) is 11.0 Å². The number of ketones is 1. The van der Waals surface area contributed by atoms with Gasteiger partial charge in [-0.3, -0.25) is 4.79 Å². The van der Waals surface area contributed by atoms with Gasteiger partial charge in [0.25, 0.3) is 0 Å². The zero-order chi connectivity index (χ0) is 12.8. The molecule has 18 heavy (non-hydrogen) atoms. The van der Waals surface area contributed by atoms with E-state index in [1.54, 1.807) is 0 Å². The molecule has 102 valence electrons. The summed E-state index contributed by atoms with van der Waals surface area (Å²) in [5.74, 6) is 2.82. The summed E-state index contributed by atoms with van der Waals surface area (Å²) < 4.78 is 0. The highest BCUT2D eigenvalue weighted by Gasteiger charge is 2.32. The standard InChI is InChI=1S/C15H24OS2/c1-2-13-15(18-11-10-17-13)14(16)12-8-6-4-3-5-7-9-12/h8,13,15H,2-7,9-11H2,1H3. The van der Waals surface area contributed by atoms with Gasteiger partial charge in [-0.25, -0.2) is 0 Å². The largest absolute Gasteiger partial charge is 0.293 e. The summed E-state index contributed by atoms with van der Waals surface area (Å²) in [7, 11) is 0. The number of hydrogen-bond donors (Lipinski definition) is 0. The third-order valence-electron chi connectivity index (χ3n) is 3.82. The van der Waals surface area contributed by atoms with Crippen LogP contribution in [0.3, 0.4) is 0 Å². The molecule has 0 aromatic heterocycles. The molecule has 1 nitrogen and oxygen atoms in total. The van der Waals surface area contributed by atoms with Crippen LogP contribution in [0.5, 0.6) is 0 Å². The topological polar surface area (TPSA) is 17.1 Å². The molecule has 0 spiro atoms. The summed E-state index contributed by atoms with van der Waals surface area (Å²) in [4.78, 5) is 12.7. The van der Waals surface area contributed by atoms with Gasteiger partial charge in [-0.05, 0) is 37.7 Å². The Morgan fingerprint density at radius 2 is 2.00 bits per heavy atom. The molecule has 2 rings (SSSR count). The summed E-state index contributed by atoms with van der Waals surface area (Å²) >= 11 is 3.90. The molecule has 1 heterocycles. The second-order valence-electron chi connectivity index (χ2n) is 5.16. The molecule has 1 aliphatic carbocycles. The van der Waals surface area contributed by atoms with E-state index < -0.39 is 0 Å². The highest BCUT2D eigenvalue weighted by Crippen LogP contribution is 2.36. The highest BCUT2D eigenvalue weighted by molar-refractivity contribution is 8.07. The fraction of sp³-hybridized carbons (Fsp3) is 0.800. The molecule has 0 aromatic rings. The maximum atomic E-state index is 12.7. The Bertz CT molecular complexity index is 312. The van der Waals surface area contributed by atoms with Crippen LogP contribution in [0.25, 0.3) is 0 Å². The first kappa shape index (κ1) is 14.5. The van der Waals surface area contributed by atoms with Crippen molar-refractivity contribution >= 4 is 29.3 Å². The zero-order valence-corrected chi connectivity index (χ0v) is 13.0. The lowest BCUT2D eigenvalue weighted by Gasteiger charge is -2.29. The summed E-state index contributed by atoms with van der Waals surface area (Å²) in [6, 6.07) is 0. The van der Waals surface area contributed by atoms with E-state index in [0.717, 1.165) is 30.6 Å². The Morgan fingerprint density at radius 1 is 1.22 bits per heavy atom. The minimum absolute atomic E-state index is 0.236. The Labute approximate surface area is 120 Å². The fourth-order valence-electron chi connectivity index (χ4n) is 2.74. The van der Waals surface area contributed by atoms with Crippen molar-refractivity contribution in [2.45, 2.75) is 62.4 Å². The normalized spacial score (nSPS) is 30.2. The van der Waals surface area contributed by atoms with E-state index in [1.165, 1.54) is 31.4 Å². The Balaban J connectivity index is 2.03. The van der Waals surface area contributed by atoms with Crippen LogP contribution in [-0.2, 0) is 4.79 Å². The molecular weight excluding hydrogens is 260 g/mol. The lowest BCUT2D eigenvalue weighted by Crippen LogP contribution is -2.33. The van der Waals surface area contributed by atoms with Gasteiger partial charge in [-0.15, -0.1) is 11.8 Å². The third kappa shape index (κ3) is 3.80. The number of Topliss-reactive ketones (excluding diaryl/α,β-unsaturated/α-hetero) is 1. The minimum Gasteiger partial charge on any atom is -0.293 e. The molecular formula is C15H24OS2. The summed E-state index contributed by atoms with van der Waals surface area (Å²) in [5, 5.41) is 0.780. The first-order valence-corrected chi connectivity index (χ1v) is 9.39. The maximum Gasteiger partial charge on any atom is 0.172 e. The monoisotopic (exact) mass is 284 g/mol. The smallest absolute Gasteiger partial charge is 0.172 e. The lowest BCUT2D eigenvalue weighted by molar-refractivity contribution is -0.115. The molecule has 3 heteroatoms. The molecule has 1 saturated heterocycles. The SMILES string of the molecule is CCC1SCCSC1C(=O)C1=CCCCCCC1. The van der Waals surface area contributed by atoms with Crippen LogP contribution in [0.4, 0.5) is 0 Å². The van der Waals surface area contributed by atoms with Crippen LogP contribution in [0, 0.1) is 0 Å². The fourth-order valence-corrected chi connectivity index (χ4v) is 5.79. The van der Waals surface area contributed by atoms with Crippen LogP contribution < -0.4 is 0 Å². The number of rotatable bonds is 3. The van der Waals surface area contributed by atoms with E-state index in [4.69, 9.17) is 0 Å². The number of carbonyl (C=O) groups is 1. The molecule has 0 N–H and O–H groups in total. The van der Waals surface area contributed by atoms with Gasteiger partial charge >= 0.3 is 0 Å². The van der Waals surface area contributed by atoms with Gasteiger partial charge in [-0.2, -0.15) is 11.8 Å². The number of hydrogen-bond acceptors (Lipinski definition) is 3. The average molecular weight is 284 g/mol. The van der Waals surface area contributed by atoms with Gasteiger partial charge < -0.3 is 0 Å². The van der Waals surface area contributed by atoms with Crippen molar-refractivity contribution < 1.29 is 4.79 Å². The molecule has 0 aromatic carbocycles. The zero-order valence-electron chi connectivity index (χ0n) is 11.3. The summed E-state index contributed by atoms with van der Waals surface area (Å²) in [6.45, 7) is 2.22. The van der Waals surface area contributed by atoms with Crippen LogP contribution in [0.1, 0.15) is 51.9 Å². The second-order valence-corrected chi connectivity index (χ2v) is 7.75. The van der Waals surface area contributed by atoms with Crippen molar-refractivity contribution in [2.75, 3.05) is 11.5 Å². The average Bonchev–Trinajstić information content (AvgIpc) is 2.37. The molecule has 1 aliphatic heterocycles. The van der Waals surface area contributed by atoms with Crippen molar-refractivity contribution in [3.8, 4) is 0 Å². The number of carbonyl (C=O) groups excluding carboxylic acids is 1. The molecule has 2 unspecified atom stereocenters. The number of allylic oxidation sites excluding steroid dienone is 2. The Kier molecular flexibility index (Phi) is 6.16. The van der Waals surface area contributed by atoms with Gasteiger partial charge in [0, 0.05) is 16.8 Å². The van der Waals surface area contributed by atoms with Crippen molar-refractivity contribution in [3.63, 3.8) is 0 Å². The molecule has 2 atom stereocenters. The second kappa shape index (κ2) is 7.64. The van der Waals surface area contributed by atoms with Gasteiger partial charge in [0.15, 0.2) is 5.78 Å². The third-order valence-corrected chi connectivity index (χ3v) is 7.06. The van der Waals surface area contributed by atoms with Gasteiger partial charge in [-0.1, -0.05) is 25.8 Å². The van der Waals surface area contributed by atoms with E-state index in [9.17, 15) is 4.79 Å². The molecule has 2 aliphatic rings. The summed E-state index contributed by atoms with van der Waals surface area (Å²) in [6.07, 6.45) is 10.6. The first-order chi connectivity index (χ1) is 8.83. The van der Waals surface area contributed by atoms with Crippen molar-refractivity contribution in [3.05, 3.63) is 11.6 Å². The Hall–Kier alpha value is 0.110. The quantitative estimate of drug-likeness (QED) is 0.761. The number of thioether (sulfide) groups is 2. The minimum atomic E-state index is 0.236. The molecule has 1 fully saturated rings. The molecule has 0 saturated carbocycles. The van der Waals surface area contributed by atoms with Gasteiger partial charge in [0.1, 0.15) is 0 Å². The van der Waals surface area contributed by atoms with Crippen molar-refractivity contribution in [2.24, 2.45) is 0 Å². The highest BCUT2D eigenvalue weighted by atomic mass is 32.2. The van der Waals surface area contributed by atoms with E-state index in [-0.39, 0.29) is 5.25 Å². The van der Waals surface area contributed by atoms with E-state index in [2.05, 4.69) is 13.0 Å². The van der Waals surface area contributed by atoms with Crippen molar-refractivity contribution in [1.82, 2.24) is 0 Å². The predicted octanol–water partition coefficient (Wildman–Crippen LogP) is 4.46. The van der Waals surface area contributed by atoms with Crippen LogP contribution in [0.2, 0.25) is 0 Å². The van der Waals surface area contributed by atoms with Crippen molar-refractivity contribution in [1.29, 1.82) is 0 Å².